The Balaban J connectivity index is 0.00000259. The number of fused-ring (bicyclic) bond motifs is 1. The molecule has 0 bridgehead atoms. The maximum Gasteiger partial charge on any atom is 0.232 e. The number of piperidine rings is 3. The lowest BCUT2D eigenvalue weighted by molar-refractivity contribution is 0.201. The van der Waals surface area contributed by atoms with Gasteiger partial charge >= 0.3 is 0 Å². The van der Waals surface area contributed by atoms with E-state index in [-0.39, 0.29) is 36.6 Å². The molecule has 3 saturated heterocycles. The molecule has 0 amide bonds. The third-order valence-corrected chi connectivity index (χ3v) is 7.77. The molecule has 4 fully saturated rings. The van der Waals surface area contributed by atoms with E-state index in [9.17, 15) is 0 Å². The monoisotopic (exact) mass is 480 g/mol. The summed E-state index contributed by atoms with van der Waals surface area (Å²) < 4.78 is 0. The van der Waals surface area contributed by atoms with Crippen molar-refractivity contribution < 1.29 is 0 Å². The Labute approximate surface area is 203 Å². The fourth-order valence-electron chi connectivity index (χ4n) is 6.23. The molecule has 186 valence electrons. The van der Waals surface area contributed by atoms with Crippen molar-refractivity contribution >= 4 is 30.3 Å². The fourth-order valence-corrected chi connectivity index (χ4v) is 6.23. The molecule has 33 heavy (non-hydrogen) atoms. The Kier molecular flexibility index (Phi) is 7.80. The molecule has 4 aliphatic rings. The fraction of sp³-hybridized carbons (Fsp3) is 0.864. The van der Waals surface area contributed by atoms with Crippen LogP contribution in [0, 0.1) is 11.8 Å². The van der Waals surface area contributed by atoms with Crippen molar-refractivity contribution in [2.75, 3.05) is 54.0 Å². The topological polar surface area (TPSA) is 152 Å². The van der Waals surface area contributed by atoms with Gasteiger partial charge in [0.25, 0.3) is 0 Å². The highest BCUT2D eigenvalue weighted by Gasteiger charge is 2.34. The van der Waals surface area contributed by atoms with Crippen molar-refractivity contribution in [2.24, 2.45) is 34.8 Å². The van der Waals surface area contributed by atoms with Gasteiger partial charge in [0.1, 0.15) is 0 Å². The highest BCUT2D eigenvalue weighted by molar-refractivity contribution is 5.85. The molecule has 8 N–H and O–H groups in total. The zero-order chi connectivity index (χ0) is 22.2. The molecule has 11 heteroatoms. The normalized spacial score (nSPS) is 35.1. The summed E-state index contributed by atoms with van der Waals surface area (Å²) in [6, 6.07) is 0.101. The first-order valence-corrected chi connectivity index (χ1v) is 12.5. The van der Waals surface area contributed by atoms with Crippen molar-refractivity contribution in [2.45, 2.75) is 69.1 Å². The SMILES string of the molecule is Cl.N[C@@H]1C[C@@H](N)CN(c2nc(N3CCC4CCCCC4C3)nc(N3C[C@H](N)C[C@H](N)C3)n2)C1. The van der Waals surface area contributed by atoms with Crippen LogP contribution in [-0.4, -0.2) is 78.4 Å². The Hall–Kier alpha value is -1.46. The Bertz CT molecular complexity index is 732. The van der Waals surface area contributed by atoms with Gasteiger partial charge in [0, 0.05) is 63.4 Å². The summed E-state index contributed by atoms with van der Waals surface area (Å²) in [6.07, 6.45) is 8.29. The van der Waals surface area contributed by atoms with Crippen LogP contribution in [0.1, 0.15) is 44.9 Å². The molecule has 10 nitrogen and oxygen atoms in total. The van der Waals surface area contributed by atoms with Gasteiger partial charge in [0.05, 0.1) is 0 Å². The number of hydrogen-bond donors (Lipinski definition) is 4. The first-order valence-electron chi connectivity index (χ1n) is 12.5. The highest BCUT2D eigenvalue weighted by Crippen LogP contribution is 2.37. The average molecular weight is 481 g/mol. The summed E-state index contributed by atoms with van der Waals surface area (Å²) in [5.74, 6) is 3.73. The summed E-state index contributed by atoms with van der Waals surface area (Å²) in [5, 5.41) is 0. The first kappa shape index (κ1) is 24.7. The van der Waals surface area contributed by atoms with E-state index in [0.717, 1.165) is 43.7 Å². The lowest BCUT2D eigenvalue weighted by atomic mass is 9.75. The number of aromatic nitrogens is 3. The van der Waals surface area contributed by atoms with Gasteiger partial charge in [0.2, 0.25) is 17.8 Å². The molecular formula is C22H41ClN10. The summed E-state index contributed by atoms with van der Waals surface area (Å²) >= 11 is 0. The number of nitrogens with two attached hydrogens (primary N) is 4. The first-order chi connectivity index (χ1) is 15.4. The van der Waals surface area contributed by atoms with Crippen molar-refractivity contribution in [3.05, 3.63) is 0 Å². The van der Waals surface area contributed by atoms with E-state index in [4.69, 9.17) is 37.9 Å². The van der Waals surface area contributed by atoms with Gasteiger partial charge in [-0.15, -0.1) is 12.4 Å². The molecule has 2 unspecified atom stereocenters. The van der Waals surface area contributed by atoms with Gasteiger partial charge in [-0.1, -0.05) is 19.3 Å². The maximum absolute atomic E-state index is 6.28. The minimum atomic E-state index is 0. The van der Waals surface area contributed by atoms with Crippen molar-refractivity contribution in [3.8, 4) is 0 Å². The van der Waals surface area contributed by atoms with Crippen LogP contribution in [0.2, 0.25) is 0 Å². The molecule has 6 atom stereocenters. The van der Waals surface area contributed by atoms with Crippen LogP contribution >= 0.6 is 12.4 Å². The molecule has 0 spiro atoms. The van der Waals surface area contributed by atoms with Gasteiger partial charge in [-0.2, -0.15) is 15.0 Å². The quantitative estimate of drug-likeness (QED) is 0.466. The largest absolute Gasteiger partial charge is 0.340 e. The zero-order valence-corrected chi connectivity index (χ0v) is 20.4. The van der Waals surface area contributed by atoms with Gasteiger partial charge in [-0.3, -0.25) is 0 Å². The smallest absolute Gasteiger partial charge is 0.232 e. The maximum atomic E-state index is 6.28. The van der Waals surface area contributed by atoms with Crippen LogP contribution in [0.25, 0.3) is 0 Å². The number of anilines is 3. The standard InChI is InChI=1S/C22H40N10.ClH/c23-16-7-17(24)11-31(10-16)21-27-20(30-6-5-14-3-1-2-4-15(14)9-30)28-22(29-21)32-12-18(25)8-19(26)13-32;/h14-19H,1-13,23-26H2;1H/t14?,15?,16-,17-,18-,19+;/m1./s1. The summed E-state index contributed by atoms with van der Waals surface area (Å²) in [5.41, 5.74) is 25.1. The molecule has 5 rings (SSSR count). The molecule has 4 heterocycles. The average Bonchev–Trinajstić information content (AvgIpc) is 2.77. The number of halogens is 1. The third kappa shape index (κ3) is 5.62. The van der Waals surface area contributed by atoms with Crippen molar-refractivity contribution in [1.29, 1.82) is 0 Å². The minimum absolute atomic E-state index is 0. The van der Waals surface area contributed by atoms with Gasteiger partial charge in [0.15, 0.2) is 0 Å². The minimum Gasteiger partial charge on any atom is -0.340 e. The molecule has 1 saturated carbocycles. The molecule has 0 aromatic carbocycles. The van der Waals surface area contributed by atoms with E-state index in [2.05, 4.69) is 14.7 Å². The highest BCUT2D eigenvalue weighted by atomic mass is 35.5. The Morgan fingerprint density at radius 3 is 1.45 bits per heavy atom. The van der Waals surface area contributed by atoms with E-state index < -0.39 is 0 Å². The number of hydrogen-bond acceptors (Lipinski definition) is 10. The van der Waals surface area contributed by atoms with Crippen LogP contribution < -0.4 is 37.6 Å². The molecule has 1 aromatic heterocycles. The summed E-state index contributed by atoms with van der Waals surface area (Å²) in [7, 11) is 0. The van der Waals surface area contributed by atoms with Crippen LogP contribution in [0.5, 0.6) is 0 Å². The lowest BCUT2D eigenvalue weighted by Crippen LogP contribution is -2.54. The summed E-state index contributed by atoms with van der Waals surface area (Å²) in [6.45, 7) is 4.87. The van der Waals surface area contributed by atoms with Gasteiger partial charge in [-0.05, 0) is 37.5 Å². The number of nitrogens with zero attached hydrogens (tertiary/aromatic N) is 6. The zero-order valence-electron chi connectivity index (χ0n) is 19.6. The Morgan fingerprint density at radius 2 is 0.970 bits per heavy atom. The molecule has 1 aliphatic carbocycles. The third-order valence-electron chi connectivity index (χ3n) is 7.77. The molecule has 0 radical (unpaired) electrons. The van der Waals surface area contributed by atoms with Crippen LogP contribution in [0.4, 0.5) is 17.8 Å². The van der Waals surface area contributed by atoms with E-state index in [1.807, 2.05) is 0 Å². The predicted molar refractivity (Wildman–Crippen MR) is 135 cm³/mol. The van der Waals surface area contributed by atoms with Gasteiger partial charge in [-0.25, -0.2) is 0 Å². The molecule has 1 aromatic rings. The van der Waals surface area contributed by atoms with Crippen LogP contribution in [0.3, 0.4) is 0 Å². The van der Waals surface area contributed by atoms with Gasteiger partial charge < -0.3 is 37.6 Å². The second-order valence-electron chi connectivity index (χ2n) is 10.6. The number of rotatable bonds is 3. The van der Waals surface area contributed by atoms with Crippen molar-refractivity contribution in [3.63, 3.8) is 0 Å². The second kappa shape index (κ2) is 10.4. The van der Waals surface area contributed by atoms with Crippen LogP contribution in [-0.2, 0) is 0 Å². The van der Waals surface area contributed by atoms with Crippen molar-refractivity contribution in [1.82, 2.24) is 15.0 Å². The summed E-state index contributed by atoms with van der Waals surface area (Å²) in [4.78, 5) is 21.4. The Morgan fingerprint density at radius 1 is 0.545 bits per heavy atom. The second-order valence-corrected chi connectivity index (χ2v) is 10.6. The lowest BCUT2D eigenvalue weighted by Gasteiger charge is -2.42. The molecule has 3 aliphatic heterocycles. The van der Waals surface area contributed by atoms with Crippen LogP contribution in [0.15, 0.2) is 0 Å². The van der Waals surface area contributed by atoms with E-state index >= 15 is 0 Å². The van der Waals surface area contributed by atoms with E-state index in [1.165, 1.54) is 32.1 Å². The molecular weight excluding hydrogens is 440 g/mol. The van der Waals surface area contributed by atoms with E-state index in [0.29, 0.717) is 38.1 Å². The predicted octanol–water partition coefficient (Wildman–Crippen LogP) is 0.0393. The van der Waals surface area contributed by atoms with E-state index in [1.54, 1.807) is 0 Å².